The summed E-state index contributed by atoms with van der Waals surface area (Å²) in [6, 6.07) is 5.10. The number of hydrazine groups is 1. The fourth-order valence-electron chi connectivity index (χ4n) is 2.19. The number of ether oxygens (including phenoxy) is 1. The first-order chi connectivity index (χ1) is 11.9. The predicted octanol–water partition coefficient (Wildman–Crippen LogP) is 2.41. The number of hydrogen-bond acceptors (Lipinski definition) is 5. The number of rotatable bonds is 6. The number of nitrogens with zero attached hydrogens (tertiary/aromatic N) is 1. The molecular weight excluding hydrogens is 346 g/mol. The summed E-state index contributed by atoms with van der Waals surface area (Å²) in [7, 11) is 0. The van der Waals surface area contributed by atoms with Crippen molar-refractivity contribution in [2.75, 3.05) is 6.61 Å². The van der Waals surface area contributed by atoms with Gasteiger partial charge in [-0.2, -0.15) is 0 Å². The van der Waals surface area contributed by atoms with E-state index >= 15 is 0 Å². The molecule has 0 aliphatic rings. The van der Waals surface area contributed by atoms with Gasteiger partial charge in [-0.05, 0) is 51.0 Å². The molecule has 0 fully saturated rings. The Hall–Kier alpha value is -2.54. The molecule has 25 heavy (non-hydrogen) atoms. The van der Waals surface area contributed by atoms with E-state index in [1.807, 2.05) is 13.8 Å². The molecule has 1 aromatic carbocycles. The SMILES string of the molecule is Cc1cc(OCC(=O)NNC(=O)CCc2c(C)noc2C)ccc1Cl. The zero-order chi connectivity index (χ0) is 18.4. The first-order valence-electron chi connectivity index (χ1n) is 7.75. The molecule has 134 valence electrons. The second-order valence-electron chi connectivity index (χ2n) is 5.60. The smallest absolute Gasteiger partial charge is 0.276 e. The fraction of sp³-hybridized carbons (Fsp3) is 0.353. The molecular formula is C17H20ClN3O4. The van der Waals surface area contributed by atoms with Gasteiger partial charge in [-0.15, -0.1) is 0 Å². The van der Waals surface area contributed by atoms with Crippen molar-refractivity contribution < 1.29 is 18.8 Å². The number of benzene rings is 1. The average Bonchev–Trinajstić information content (AvgIpc) is 2.90. The zero-order valence-corrected chi connectivity index (χ0v) is 15.1. The van der Waals surface area contributed by atoms with Crippen LogP contribution in [0.4, 0.5) is 0 Å². The molecule has 0 atom stereocenters. The highest BCUT2D eigenvalue weighted by Crippen LogP contribution is 2.20. The van der Waals surface area contributed by atoms with Crippen LogP contribution in [0, 0.1) is 20.8 Å². The lowest BCUT2D eigenvalue weighted by Gasteiger charge is -2.09. The van der Waals surface area contributed by atoms with Gasteiger partial charge < -0.3 is 9.26 Å². The van der Waals surface area contributed by atoms with Gasteiger partial charge in [0.25, 0.3) is 5.91 Å². The van der Waals surface area contributed by atoms with Crippen molar-refractivity contribution in [2.45, 2.75) is 33.6 Å². The standard InChI is InChI=1S/C17H20ClN3O4/c1-10-8-13(4-6-15(10)18)24-9-17(23)20-19-16(22)7-5-14-11(2)21-25-12(14)3/h4,6,8H,5,7,9H2,1-3H3,(H,19,22)(H,20,23). The second-order valence-corrected chi connectivity index (χ2v) is 6.01. The Kier molecular flexibility index (Phi) is 6.41. The molecule has 1 heterocycles. The number of hydrogen-bond donors (Lipinski definition) is 2. The molecule has 0 radical (unpaired) electrons. The van der Waals surface area contributed by atoms with Crippen LogP contribution in [0.3, 0.4) is 0 Å². The van der Waals surface area contributed by atoms with Crippen molar-refractivity contribution in [3.8, 4) is 5.75 Å². The van der Waals surface area contributed by atoms with E-state index in [1.165, 1.54) is 0 Å². The van der Waals surface area contributed by atoms with Crippen LogP contribution in [0.15, 0.2) is 22.7 Å². The maximum atomic E-state index is 11.8. The molecule has 1 aromatic heterocycles. The summed E-state index contributed by atoms with van der Waals surface area (Å²) in [5.74, 6) is 0.455. The van der Waals surface area contributed by atoms with Crippen molar-refractivity contribution in [1.82, 2.24) is 16.0 Å². The number of amides is 2. The van der Waals surface area contributed by atoms with Crippen LogP contribution in [-0.2, 0) is 16.0 Å². The Morgan fingerprint density at radius 1 is 1.20 bits per heavy atom. The van der Waals surface area contributed by atoms with Crippen molar-refractivity contribution in [3.63, 3.8) is 0 Å². The normalized spacial score (nSPS) is 10.4. The molecule has 0 unspecified atom stereocenters. The van der Waals surface area contributed by atoms with E-state index in [9.17, 15) is 9.59 Å². The third kappa shape index (κ3) is 5.49. The highest BCUT2D eigenvalue weighted by molar-refractivity contribution is 6.31. The van der Waals surface area contributed by atoms with Gasteiger partial charge in [-0.25, -0.2) is 0 Å². The molecule has 0 saturated heterocycles. The van der Waals surface area contributed by atoms with Gasteiger partial charge in [-0.1, -0.05) is 16.8 Å². The topological polar surface area (TPSA) is 93.5 Å². The molecule has 2 N–H and O–H groups in total. The number of carbonyl (C=O) groups excluding carboxylic acids is 2. The van der Waals surface area contributed by atoms with Crippen LogP contribution >= 0.6 is 11.6 Å². The summed E-state index contributed by atoms with van der Waals surface area (Å²) in [5.41, 5.74) is 7.18. The Labute approximate surface area is 150 Å². The first-order valence-corrected chi connectivity index (χ1v) is 8.13. The van der Waals surface area contributed by atoms with E-state index in [2.05, 4.69) is 16.0 Å². The van der Waals surface area contributed by atoms with Gasteiger partial charge in [0, 0.05) is 17.0 Å². The van der Waals surface area contributed by atoms with Gasteiger partial charge >= 0.3 is 0 Å². The summed E-state index contributed by atoms with van der Waals surface area (Å²) < 4.78 is 10.4. The van der Waals surface area contributed by atoms with Crippen molar-refractivity contribution >= 4 is 23.4 Å². The molecule has 0 aliphatic heterocycles. The lowest BCUT2D eigenvalue weighted by molar-refractivity contribution is -0.130. The maximum absolute atomic E-state index is 11.8. The summed E-state index contributed by atoms with van der Waals surface area (Å²) in [5, 5.41) is 4.46. The summed E-state index contributed by atoms with van der Waals surface area (Å²) in [6.45, 7) is 5.24. The maximum Gasteiger partial charge on any atom is 0.276 e. The van der Waals surface area contributed by atoms with Gasteiger partial charge in [0.2, 0.25) is 5.91 Å². The van der Waals surface area contributed by atoms with Crippen molar-refractivity contribution in [1.29, 1.82) is 0 Å². The Balaban J connectivity index is 1.70. The highest BCUT2D eigenvalue weighted by atomic mass is 35.5. The van der Waals surface area contributed by atoms with Gasteiger partial charge in [0.15, 0.2) is 6.61 Å². The van der Waals surface area contributed by atoms with Crippen LogP contribution in [0.5, 0.6) is 5.75 Å². The van der Waals surface area contributed by atoms with E-state index in [-0.39, 0.29) is 18.9 Å². The number of nitrogens with one attached hydrogen (secondary N) is 2. The molecule has 0 saturated carbocycles. The Morgan fingerprint density at radius 2 is 1.92 bits per heavy atom. The molecule has 7 nitrogen and oxygen atoms in total. The third-order valence-corrected chi connectivity index (χ3v) is 4.05. The fourth-order valence-corrected chi connectivity index (χ4v) is 2.31. The van der Waals surface area contributed by atoms with E-state index in [1.54, 1.807) is 25.1 Å². The van der Waals surface area contributed by atoms with Crippen LogP contribution in [-0.4, -0.2) is 23.6 Å². The Bertz CT molecular complexity index is 754. The van der Waals surface area contributed by atoms with E-state index < -0.39 is 5.91 Å². The third-order valence-electron chi connectivity index (χ3n) is 3.62. The molecule has 0 bridgehead atoms. The number of carbonyl (C=O) groups is 2. The minimum absolute atomic E-state index is 0.209. The van der Waals surface area contributed by atoms with E-state index in [4.69, 9.17) is 20.9 Å². The molecule has 2 aromatic rings. The zero-order valence-electron chi connectivity index (χ0n) is 14.3. The summed E-state index contributed by atoms with van der Waals surface area (Å²) in [6.07, 6.45) is 0.698. The highest BCUT2D eigenvalue weighted by Gasteiger charge is 2.12. The number of halogens is 1. The van der Waals surface area contributed by atoms with Crippen LogP contribution in [0.25, 0.3) is 0 Å². The van der Waals surface area contributed by atoms with Crippen LogP contribution in [0.2, 0.25) is 5.02 Å². The molecule has 2 amide bonds. The number of aromatic nitrogens is 1. The number of aryl methyl sites for hydroxylation is 3. The molecule has 2 rings (SSSR count). The largest absolute Gasteiger partial charge is 0.484 e. The monoisotopic (exact) mass is 365 g/mol. The molecule has 0 spiro atoms. The minimum atomic E-state index is -0.460. The van der Waals surface area contributed by atoms with E-state index in [0.29, 0.717) is 23.0 Å². The van der Waals surface area contributed by atoms with Crippen LogP contribution < -0.4 is 15.6 Å². The summed E-state index contributed by atoms with van der Waals surface area (Å²) >= 11 is 5.92. The predicted molar refractivity (Wildman–Crippen MR) is 92.3 cm³/mol. The molecule has 0 aliphatic carbocycles. The lowest BCUT2D eigenvalue weighted by atomic mass is 10.1. The van der Waals surface area contributed by atoms with Crippen LogP contribution in [0.1, 0.15) is 29.0 Å². The van der Waals surface area contributed by atoms with Gasteiger partial charge in [-0.3, -0.25) is 20.4 Å². The molecule has 8 heteroatoms. The average molecular weight is 366 g/mol. The lowest BCUT2D eigenvalue weighted by Crippen LogP contribution is -2.43. The minimum Gasteiger partial charge on any atom is -0.484 e. The quantitative estimate of drug-likeness (QED) is 0.767. The first kappa shape index (κ1) is 18.8. The second kappa shape index (κ2) is 8.53. The van der Waals surface area contributed by atoms with Crippen molar-refractivity contribution in [3.05, 3.63) is 45.8 Å². The van der Waals surface area contributed by atoms with E-state index in [0.717, 1.165) is 16.8 Å². The van der Waals surface area contributed by atoms with Gasteiger partial charge in [0.1, 0.15) is 11.5 Å². The van der Waals surface area contributed by atoms with Crippen molar-refractivity contribution in [2.24, 2.45) is 0 Å². The Morgan fingerprint density at radius 3 is 2.56 bits per heavy atom. The van der Waals surface area contributed by atoms with Gasteiger partial charge in [0.05, 0.1) is 5.69 Å². The summed E-state index contributed by atoms with van der Waals surface area (Å²) in [4.78, 5) is 23.5.